The van der Waals surface area contributed by atoms with Crippen LogP contribution in [-0.2, 0) is 16.1 Å². The molecule has 0 aliphatic heterocycles. The standard InChI is InChI=1S/C23H23ClN2O6/c1-13-5-7-17(24)10-19(13)25-22(27)12-31-23(28)16-6-8-20(21(9-16)29-4)30-11-18-14(2)26-32-15(18)3/h5-10H,11-12H2,1-4H3,(H,25,27). The highest BCUT2D eigenvalue weighted by Crippen LogP contribution is 2.30. The monoisotopic (exact) mass is 458 g/mol. The Labute approximate surface area is 190 Å². The molecule has 0 aliphatic carbocycles. The van der Waals surface area contributed by atoms with E-state index in [0.717, 1.165) is 16.8 Å². The van der Waals surface area contributed by atoms with Crippen LogP contribution >= 0.6 is 11.6 Å². The zero-order chi connectivity index (χ0) is 23.3. The Balaban J connectivity index is 1.60. The molecule has 1 N–H and O–H groups in total. The Morgan fingerprint density at radius 3 is 2.56 bits per heavy atom. The molecule has 168 valence electrons. The third-order valence-electron chi connectivity index (χ3n) is 4.76. The first-order valence-electron chi connectivity index (χ1n) is 9.74. The molecule has 2 aromatic carbocycles. The molecule has 8 nitrogen and oxygen atoms in total. The van der Waals surface area contributed by atoms with E-state index in [0.29, 0.717) is 28.0 Å². The van der Waals surface area contributed by atoms with Gasteiger partial charge in [-0.15, -0.1) is 0 Å². The maximum Gasteiger partial charge on any atom is 0.338 e. The van der Waals surface area contributed by atoms with E-state index in [-0.39, 0.29) is 12.2 Å². The van der Waals surface area contributed by atoms with Crippen molar-refractivity contribution in [2.45, 2.75) is 27.4 Å². The first kappa shape index (κ1) is 23.1. The van der Waals surface area contributed by atoms with Gasteiger partial charge in [0.05, 0.1) is 23.9 Å². The number of esters is 1. The van der Waals surface area contributed by atoms with Gasteiger partial charge in [-0.3, -0.25) is 4.79 Å². The molecule has 3 aromatic rings. The number of halogens is 1. The number of aromatic nitrogens is 1. The van der Waals surface area contributed by atoms with Gasteiger partial charge in [-0.2, -0.15) is 0 Å². The van der Waals surface area contributed by atoms with E-state index in [1.165, 1.54) is 19.2 Å². The third kappa shape index (κ3) is 5.59. The minimum Gasteiger partial charge on any atom is -0.493 e. The number of aryl methyl sites for hydroxylation is 3. The number of nitrogens with zero attached hydrogens (tertiary/aromatic N) is 1. The Morgan fingerprint density at radius 2 is 1.88 bits per heavy atom. The smallest absolute Gasteiger partial charge is 0.338 e. The van der Waals surface area contributed by atoms with Crippen LogP contribution in [0.4, 0.5) is 5.69 Å². The Kier molecular flexibility index (Phi) is 7.37. The molecule has 0 radical (unpaired) electrons. The molecular formula is C23H23ClN2O6. The predicted molar refractivity (Wildman–Crippen MR) is 118 cm³/mol. The number of carbonyl (C=O) groups is 2. The van der Waals surface area contributed by atoms with Gasteiger partial charge in [0, 0.05) is 10.7 Å². The number of amides is 1. The van der Waals surface area contributed by atoms with Crippen LogP contribution < -0.4 is 14.8 Å². The average molecular weight is 459 g/mol. The van der Waals surface area contributed by atoms with Crippen LogP contribution in [0.3, 0.4) is 0 Å². The van der Waals surface area contributed by atoms with Crippen molar-refractivity contribution in [1.29, 1.82) is 0 Å². The molecule has 0 saturated carbocycles. The Bertz CT molecular complexity index is 1120. The second-order valence-electron chi connectivity index (χ2n) is 7.04. The predicted octanol–water partition coefficient (Wildman–Crippen LogP) is 4.64. The van der Waals surface area contributed by atoms with Crippen molar-refractivity contribution in [3.63, 3.8) is 0 Å². The van der Waals surface area contributed by atoms with Crippen molar-refractivity contribution in [2.24, 2.45) is 0 Å². The second kappa shape index (κ2) is 10.2. The summed E-state index contributed by atoms with van der Waals surface area (Å²) in [5.41, 5.74) is 3.20. The van der Waals surface area contributed by atoms with Gasteiger partial charge in [-0.1, -0.05) is 22.8 Å². The summed E-state index contributed by atoms with van der Waals surface area (Å²) in [6, 6.07) is 9.76. The summed E-state index contributed by atoms with van der Waals surface area (Å²) in [5, 5.41) is 7.05. The van der Waals surface area contributed by atoms with Gasteiger partial charge in [0.1, 0.15) is 12.4 Å². The first-order valence-corrected chi connectivity index (χ1v) is 10.1. The zero-order valence-corrected chi connectivity index (χ0v) is 18.9. The molecule has 0 saturated heterocycles. The maximum absolute atomic E-state index is 12.4. The molecule has 1 amide bonds. The lowest BCUT2D eigenvalue weighted by molar-refractivity contribution is -0.119. The summed E-state index contributed by atoms with van der Waals surface area (Å²) >= 11 is 5.95. The van der Waals surface area contributed by atoms with Gasteiger partial charge < -0.3 is 24.1 Å². The summed E-state index contributed by atoms with van der Waals surface area (Å²) in [4.78, 5) is 24.5. The number of benzene rings is 2. The van der Waals surface area contributed by atoms with Crippen LogP contribution in [0, 0.1) is 20.8 Å². The van der Waals surface area contributed by atoms with Gasteiger partial charge in [0.15, 0.2) is 18.1 Å². The van der Waals surface area contributed by atoms with E-state index in [1.807, 2.05) is 13.8 Å². The molecule has 0 fully saturated rings. The Hall–Kier alpha value is -3.52. The lowest BCUT2D eigenvalue weighted by Crippen LogP contribution is -2.21. The van der Waals surface area contributed by atoms with Crippen LogP contribution in [0.5, 0.6) is 11.5 Å². The van der Waals surface area contributed by atoms with Gasteiger partial charge in [-0.25, -0.2) is 4.79 Å². The number of ether oxygens (including phenoxy) is 3. The SMILES string of the molecule is COc1cc(C(=O)OCC(=O)Nc2cc(Cl)ccc2C)ccc1OCc1c(C)noc1C. The van der Waals surface area contributed by atoms with Gasteiger partial charge in [0.25, 0.3) is 5.91 Å². The van der Waals surface area contributed by atoms with Gasteiger partial charge in [0.2, 0.25) is 0 Å². The Morgan fingerprint density at radius 1 is 1.09 bits per heavy atom. The third-order valence-corrected chi connectivity index (χ3v) is 5.00. The number of methoxy groups -OCH3 is 1. The molecule has 1 aromatic heterocycles. The molecule has 0 unspecified atom stereocenters. The number of nitrogens with one attached hydrogen (secondary N) is 1. The number of carbonyl (C=O) groups excluding carboxylic acids is 2. The van der Waals surface area contributed by atoms with Gasteiger partial charge >= 0.3 is 5.97 Å². The molecule has 0 bridgehead atoms. The zero-order valence-electron chi connectivity index (χ0n) is 18.2. The first-order chi connectivity index (χ1) is 15.3. The van der Waals surface area contributed by atoms with Crippen LogP contribution in [0.25, 0.3) is 0 Å². The average Bonchev–Trinajstić information content (AvgIpc) is 3.10. The van der Waals surface area contributed by atoms with Crippen LogP contribution in [-0.4, -0.2) is 30.7 Å². The summed E-state index contributed by atoms with van der Waals surface area (Å²) < 4.78 is 21.4. The molecule has 0 aliphatic rings. The fourth-order valence-corrected chi connectivity index (χ4v) is 3.07. The van der Waals surface area contributed by atoms with Crippen molar-refractivity contribution in [2.75, 3.05) is 19.0 Å². The van der Waals surface area contributed by atoms with Gasteiger partial charge in [-0.05, 0) is 56.7 Å². The minimum atomic E-state index is -0.668. The van der Waals surface area contributed by atoms with Crippen LogP contribution in [0.2, 0.25) is 5.02 Å². The second-order valence-corrected chi connectivity index (χ2v) is 7.48. The number of hydrogen-bond donors (Lipinski definition) is 1. The fraction of sp³-hybridized carbons (Fsp3) is 0.261. The highest BCUT2D eigenvalue weighted by molar-refractivity contribution is 6.31. The molecule has 0 atom stereocenters. The molecule has 3 rings (SSSR count). The molecule has 0 spiro atoms. The normalized spacial score (nSPS) is 10.5. The fourth-order valence-electron chi connectivity index (χ4n) is 2.90. The summed E-state index contributed by atoms with van der Waals surface area (Å²) in [6.45, 7) is 5.26. The molecule has 1 heterocycles. The largest absolute Gasteiger partial charge is 0.493 e. The summed E-state index contributed by atoms with van der Waals surface area (Å²) in [5.74, 6) is 0.324. The topological polar surface area (TPSA) is 99.9 Å². The van der Waals surface area contributed by atoms with E-state index in [2.05, 4.69) is 10.5 Å². The van der Waals surface area contributed by atoms with E-state index in [4.69, 9.17) is 30.3 Å². The molecule has 9 heteroatoms. The quantitative estimate of drug-likeness (QED) is 0.491. The van der Waals surface area contributed by atoms with E-state index >= 15 is 0 Å². The van der Waals surface area contributed by atoms with Crippen molar-refractivity contribution < 1.29 is 28.3 Å². The number of rotatable bonds is 8. The highest BCUT2D eigenvalue weighted by Gasteiger charge is 2.16. The summed E-state index contributed by atoms with van der Waals surface area (Å²) in [7, 11) is 1.47. The van der Waals surface area contributed by atoms with Crippen LogP contribution in [0.1, 0.15) is 32.9 Å². The van der Waals surface area contributed by atoms with Crippen molar-refractivity contribution in [3.05, 3.63) is 69.6 Å². The van der Waals surface area contributed by atoms with Crippen molar-refractivity contribution in [1.82, 2.24) is 5.16 Å². The lowest BCUT2D eigenvalue weighted by Gasteiger charge is -2.12. The van der Waals surface area contributed by atoms with E-state index in [1.54, 1.807) is 31.2 Å². The molecular weight excluding hydrogens is 436 g/mol. The maximum atomic E-state index is 12.4. The highest BCUT2D eigenvalue weighted by atomic mass is 35.5. The lowest BCUT2D eigenvalue weighted by atomic mass is 10.2. The number of hydrogen-bond acceptors (Lipinski definition) is 7. The molecule has 32 heavy (non-hydrogen) atoms. The van der Waals surface area contributed by atoms with Crippen molar-refractivity contribution >= 4 is 29.2 Å². The summed E-state index contributed by atoms with van der Waals surface area (Å²) in [6.07, 6.45) is 0. The van der Waals surface area contributed by atoms with E-state index in [9.17, 15) is 9.59 Å². The van der Waals surface area contributed by atoms with E-state index < -0.39 is 18.5 Å². The number of anilines is 1. The van der Waals surface area contributed by atoms with Crippen LogP contribution in [0.15, 0.2) is 40.9 Å². The minimum absolute atomic E-state index is 0.221. The van der Waals surface area contributed by atoms with Crippen molar-refractivity contribution in [3.8, 4) is 11.5 Å².